The van der Waals surface area contributed by atoms with Crippen LogP contribution in [0.3, 0.4) is 0 Å². The Morgan fingerprint density at radius 3 is 2.85 bits per heavy atom. The molecule has 0 spiro atoms. The van der Waals surface area contributed by atoms with Gasteiger partial charge in [-0.2, -0.15) is 0 Å². The van der Waals surface area contributed by atoms with Crippen LogP contribution < -0.4 is 11.3 Å². The quantitative estimate of drug-likeness (QED) is 0.851. The van der Waals surface area contributed by atoms with Gasteiger partial charge in [0.05, 0.1) is 10.2 Å². The number of nitrogens with two attached hydrogens (primary N) is 1. The highest BCUT2D eigenvalue weighted by atomic mass is 79.9. The summed E-state index contributed by atoms with van der Waals surface area (Å²) in [7, 11) is 1.52. The molecule has 72 valence electrons. The summed E-state index contributed by atoms with van der Waals surface area (Å²) in [6, 6.07) is 0. The zero-order valence-corrected chi connectivity index (χ0v) is 9.09. The molecule has 0 amide bonds. The highest BCUT2D eigenvalue weighted by Crippen LogP contribution is 2.16. The summed E-state index contributed by atoms with van der Waals surface area (Å²) in [4.78, 5) is 11.5. The van der Waals surface area contributed by atoms with E-state index >= 15 is 0 Å². The average Bonchev–Trinajstić information content (AvgIpc) is 2.11. The van der Waals surface area contributed by atoms with Crippen molar-refractivity contribution in [1.29, 1.82) is 0 Å². The molecule has 0 saturated carbocycles. The summed E-state index contributed by atoms with van der Waals surface area (Å²) in [5.74, 6) is 0. The first-order valence-corrected chi connectivity index (χ1v) is 4.51. The highest BCUT2D eigenvalue weighted by Gasteiger charge is 2.07. The summed E-state index contributed by atoms with van der Waals surface area (Å²) in [6.07, 6.45) is 1.58. The molecule has 1 rings (SSSR count). The van der Waals surface area contributed by atoms with E-state index in [0.717, 1.165) is 5.56 Å². The van der Waals surface area contributed by atoms with Crippen molar-refractivity contribution in [2.75, 3.05) is 12.8 Å². The third-order valence-electron chi connectivity index (χ3n) is 1.77. The van der Waals surface area contributed by atoms with Crippen LogP contribution in [0.25, 0.3) is 0 Å². The Hall–Kier alpha value is -0.810. The molecule has 0 fully saturated rings. The number of aromatic nitrogens is 1. The minimum atomic E-state index is -0.131. The van der Waals surface area contributed by atoms with Gasteiger partial charge in [0.1, 0.15) is 6.73 Å². The van der Waals surface area contributed by atoms with Crippen molar-refractivity contribution in [2.45, 2.75) is 13.7 Å². The molecule has 0 unspecified atom stereocenters. The molecule has 4 nitrogen and oxygen atoms in total. The summed E-state index contributed by atoms with van der Waals surface area (Å²) in [6.45, 7) is 2.00. The summed E-state index contributed by atoms with van der Waals surface area (Å²) in [5.41, 5.74) is 6.88. The van der Waals surface area contributed by atoms with E-state index in [9.17, 15) is 4.79 Å². The van der Waals surface area contributed by atoms with E-state index in [2.05, 4.69) is 15.9 Å². The Morgan fingerprint density at radius 2 is 2.31 bits per heavy atom. The molecular weight excluding hydrogens is 236 g/mol. The fourth-order valence-corrected chi connectivity index (χ4v) is 1.43. The van der Waals surface area contributed by atoms with E-state index in [1.54, 1.807) is 13.1 Å². The van der Waals surface area contributed by atoms with Crippen LogP contribution in [0, 0.1) is 6.92 Å². The molecule has 1 heterocycles. The second-order valence-corrected chi connectivity index (χ2v) is 3.51. The molecule has 0 radical (unpaired) electrons. The number of halogens is 1. The Balaban J connectivity index is 3.33. The van der Waals surface area contributed by atoms with Gasteiger partial charge < -0.3 is 10.5 Å². The SMILES string of the molecule is COCn1cc(N)c(C)c(Br)c1=O. The molecule has 0 aromatic carbocycles. The molecule has 0 atom stereocenters. The van der Waals surface area contributed by atoms with Crippen LogP contribution in [-0.2, 0) is 11.5 Å². The maximum absolute atomic E-state index is 11.5. The second kappa shape index (κ2) is 3.93. The van der Waals surface area contributed by atoms with Gasteiger partial charge in [0.2, 0.25) is 0 Å². The number of anilines is 1. The average molecular weight is 247 g/mol. The zero-order valence-electron chi connectivity index (χ0n) is 7.50. The van der Waals surface area contributed by atoms with Gasteiger partial charge >= 0.3 is 0 Å². The van der Waals surface area contributed by atoms with Gasteiger partial charge in [-0.25, -0.2) is 0 Å². The minimum Gasteiger partial charge on any atom is -0.397 e. The number of hydrogen-bond acceptors (Lipinski definition) is 3. The first-order valence-electron chi connectivity index (χ1n) is 3.72. The second-order valence-electron chi connectivity index (χ2n) is 2.72. The normalized spacial score (nSPS) is 10.4. The number of hydrogen-bond donors (Lipinski definition) is 1. The highest BCUT2D eigenvalue weighted by molar-refractivity contribution is 9.10. The molecule has 0 aliphatic heterocycles. The van der Waals surface area contributed by atoms with E-state index in [1.807, 2.05) is 0 Å². The smallest absolute Gasteiger partial charge is 0.267 e. The van der Waals surface area contributed by atoms with E-state index < -0.39 is 0 Å². The van der Waals surface area contributed by atoms with Crippen molar-refractivity contribution in [3.63, 3.8) is 0 Å². The van der Waals surface area contributed by atoms with Crippen molar-refractivity contribution in [2.24, 2.45) is 0 Å². The lowest BCUT2D eigenvalue weighted by Crippen LogP contribution is -2.22. The van der Waals surface area contributed by atoms with Gasteiger partial charge in [-0.1, -0.05) is 0 Å². The first kappa shape index (κ1) is 10.3. The molecule has 0 aliphatic rings. The Morgan fingerprint density at radius 1 is 1.69 bits per heavy atom. The number of methoxy groups -OCH3 is 1. The minimum absolute atomic E-state index is 0.131. The zero-order chi connectivity index (χ0) is 10.0. The van der Waals surface area contributed by atoms with E-state index in [-0.39, 0.29) is 12.3 Å². The molecule has 5 heteroatoms. The summed E-state index contributed by atoms with van der Waals surface area (Å²) < 4.78 is 6.74. The van der Waals surface area contributed by atoms with Gasteiger partial charge in [0.15, 0.2) is 0 Å². The van der Waals surface area contributed by atoms with Crippen LogP contribution in [-0.4, -0.2) is 11.7 Å². The molecule has 1 aromatic heterocycles. The number of rotatable bonds is 2. The van der Waals surface area contributed by atoms with E-state index in [0.29, 0.717) is 10.2 Å². The van der Waals surface area contributed by atoms with Crippen molar-refractivity contribution in [3.05, 3.63) is 26.6 Å². The van der Waals surface area contributed by atoms with Crippen LogP contribution in [0.1, 0.15) is 5.56 Å². The lowest BCUT2D eigenvalue weighted by Gasteiger charge is -2.08. The Bertz CT molecular complexity index is 373. The van der Waals surface area contributed by atoms with Crippen LogP contribution in [0.4, 0.5) is 5.69 Å². The maximum Gasteiger partial charge on any atom is 0.267 e. The molecule has 0 saturated heterocycles. The van der Waals surface area contributed by atoms with Gasteiger partial charge in [0.25, 0.3) is 5.56 Å². The molecule has 13 heavy (non-hydrogen) atoms. The summed E-state index contributed by atoms with van der Waals surface area (Å²) >= 11 is 3.18. The fraction of sp³-hybridized carbons (Fsp3) is 0.375. The Labute approximate surface area is 84.4 Å². The van der Waals surface area contributed by atoms with E-state index in [4.69, 9.17) is 10.5 Å². The standard InChI is InChI=1S/C8H11BrN2O2/c1-5-6(10)3-11(4-13-2)8(12)7(5)9/h3H,4,10H2,1-2H3. The molecule has 2 N–H and O–H groups in total. The van der Waals surface area contributed by atoms with Crippen molar-refractivity contribution in [3.8, 4) is 0 Å². The molecule has 0 bridgehead atoms. The first-order chi connectivity index (χ1) is 6.07. The third kappa shape index (κ3) is 1.92. The van der Waals surface area contributed by atoms with Crippen LogP contribution in [0.2, 0.25) is 0 Å². The van der Waals surface area contributed by atoms with Crippen molar-refractivity contribution < 1.29 is 4.74 Å². The Kier molecular flexibility index (Phi) is 3.11. The van der Waals surface area contributed by atoms with E-state index in [1.165, 1.54) is 11.7 Å². The number of nitrogen functional groups attached to an aromatic ring is 1. The number of nitrogens with zero attached hydrogens (tertiary/aromatic N) is 1. The van der Waals surface area contributed by atoms with Crippen molar-refractivity contribution >= 4 is 21.6 Å². The topological polar surface area (TPSA) is 57.2 Å². The third-order valence-corrected chi connectivity index (χ3v) is 2.71. The predicted molar refractivity (Wildman–Crippen MR) is 54.6 cm³/mol. The van der Waals surface area contributed by atoms with Crippen LogP contribution >= 0.6 is 15.9 Å². The molecule has 1 aromatic rings. The largest absolute Gasteiger partial charge is 0.397 e. The van der Waals surface area contributed by atoms with Gasteiger partial charge in [-0.05, 0) is 28.4 Å². The van der Waals surface area contributed by atoms with Gasteiger partial charge in [-0.3, -0.25) is 9.36 Å². The van der Waals surface area contributed by atoms with Crippen LogP contribution in [0.15, 0.2) is 15.5 Å². The lowest BCUT2D eigenvalue weighted by molar-refractivity contribution is 0.128. The summed E-state index contributed by atoms with van der Waals surface area (Å²) in [5, 5.41) is 0. The molecule has 0 aliphatic carbocycles. The predicted octanol–water partition coefficient (Wildman–Crippen LogP) is 1.11. The molecular formula is C8H11BrN2O2. The lowest BCUT2D eigenvalue weighted by atomic mass is 10.2. The fourth-order valence-electron chi connectivity index (χ4n) is 0.972. The van der Waals surface area contributed by atoms with Gasteiger partial charge in [-0.15, -0.1) is 0 Å². The van der Waals surface area contributed by atoms with Gasteiger partial charge in [0, 0.05) is 13.3 Å². The monoisotopic (exact) mass is 246 g/mol. The number of ether oxygens (including phenoxy) is 1. The maximum atomic E-state index is 11.5. The van der Waals surface area contributed by atoms with Crippen LogP contribution in [0.5, 0.6) is 0 Å². The number of pyridine rings is 1. The van der Waals surface area contributed by atoms with Crippen molar-refractivity contribution in [1.82, 2.24) is 4.57 Å².